The minimum absolute atomic E-state index is 0. The highest BCUT2D eigenvalue weighted by Crippen LogP contribution is 2.46. The van der Waals surface area contributed by atoms with Gasteiger partial charge in [-0.05, 0) is 33.6 Å². The summed E-state index contributed by atoms with van der Waals surface area (Å²) in [6, 6.07) is 0. The van der Waals surface area contributed by atoms with E-state index in [1.807, 2.05) is 14.1 Å². The summed E-state index contributed by atoms with van der Waals surface area (Å²) in [5.74, 6) is 1.20. The summed E-state index contributed by atoms with van der Waals surface area (Å²) in [5.41, 5.74) is 0.0464. The molecular formula is C19H37IN4O. The molecule has 5 nitrogen and oxygen atoms in total. The third-order valence-electron chi connectivity index (χ3n) is 6.43. The van der Waals surface area contributed by atoms with Gasteiger partial charge in [0.25, 0.3) is 0 Å². The molecule has 0 unspecified atom stereocenters. The molecule has 1 aliphatic carbocycles. The summed E-state index contributed by atoms with van der Waals surface area (Å²) in [6.07, 6.45) is 4.19. The van der Waals surface area contributed by atoms with Crippen LogP contribution in [-0.2, 0) is 4.79 Å². The number of nitrogens with one attached hydrogen (secondary N) is 1. The Morgan fingerprint density at radius 2 is 1.72 bits per heavy atom. The number of likely N-dealkylation sites (tertiary alicyclic amines) is 1. The first-order valence-corrected chi connectivity index (χ1v) is 9.35. The van der Waals surface area contributed by atoms with Gasteiger partial charge < -0.3 is 15.1 Å². The lowest BCUT2D eigenvalue weighted by Crippen LogP contribution is -2.72. The molecule has 1 N–H and O–H groups in total. The van der Waals surface area contributed by atoms with E-state index in [-0.39, 0.29) is 46.3 Å². The number of hydrogen-bond acceptors (Lipinski definition) is 2. The molecule has 1 aliphatic heterocycles. The van der Waals surface area contributed by atoms with Crippen molar-refractivity contribution in [3.63, 3.8) is 0 Å². The third kappa shape index (κ3) is 4.08. The maximum absolute atomic E-state index is 12.7. The lowest BCUT2D eigenvalue weighted by atomic mass is 9.65. The molecule has 0 radical (unpaired) electrons. The fraction of sp³-hybridized carbons (Fsp3) is 0.895. The van der Waals surface area contributed by atoms with Gasteiger partial charge >= 0.3 is 0 Å². The number of carbonyl (C=O) groups is 1. The van der Waals surface area contributed by atoms with Crippen LogP contribution < -0.4 is 5.32 Å². The highest BCUT2D eigenvalue weighted by molar-refractivity contribution is 14.0. The minimum atomic E-state index is -0.297. The molecule has 2 aliphatic rings. The maximum Gasteiger partial charge on any atom is 0.230 e. The molecule has 25 heavy (non-hydrogen) atoms. The lowest BCUT2D eigenvalue weighted by molar-refractivity contribution is -0.138. The molecule has 1 amide bonds. The van der Waals surface area contributed by atoms with Crippen molar-refractivity contribution < 1.29 is 4.79 Å². The SMILES string of the molecule is CCNC(=NCC1(C(=O)N(C)C)CCCC1)N1CC(C)(C)C1(C)C.I. The van der Waals surface area contributed by atoms with Crippen LogP contribution >= 0.6 is 24.0 Å². The topological polar surface area (TPSA) is 47.9 Å². The highest BCUT2D eigenvalue weighted by Gasteiger charge is 2.54. The zero-order valence-electron chi connectivity index (χ0n) is 17.1. The van der Waals surface area contributed by atoms with Crippen LogP contribution in [-0.4, -0.2) is 60.9 Å². The van der Waals surface area contributed by atoms with Gasteiger partial charge in [-0.3, -0.25) is 9.79 Å². The van der Waals surface area contributed by atoms with Gasteiger partial charge in [0.05, 0.1) is 12.0 Å². The molecule has 0 spiro atoms. The van der Waals surface area contributed by atoms with Crippen LogP contribution in [0.2, 0.25) is 0 Å². The van der Waals surface area contributed by atoms with Crippen LogP contribution in [0.25, 0.3) is 0 Å². The number of halogens is 1. The molecule has 0 aromatic rings. The molecule has 1 saturated heterocycles. The van der Waals surface area contributed by atoms with E-state index >= 15 is 0 Å². The summed E-state index contributed by atoms with van der Waals surface area (Å²) in [4.78, 5) is 21.8. The summed E-state index contributed by atoms with van der Waals surface area (Å²) in [6.45, 7) is 13.7. The Kier molecular flexibility index (Phi) is 7.21. The van der Waals surface area contributed by atoms with Gasteiger partial charge in [0.15, 0.2) is 5.96 Å². The zero-order valence-corrected chi connectivity index (χ0v) is 19.4. The summed E-state index contributed by atoms with van der Waals surface area (Å²) in [5, 5.41) is 3.44. The Bertz CT molecular complexity index is 508. The highest BCUT2D eigenvalue weighted by atomic mass is 127. The van der Waals surface area contributed by atoms with Crippen LogP contribution in [0.3, 0.4) is 0 Å². The van der Waals surface area contributed by atoms with Crippen molar-refractivity contribution in [1.29, 1.82) is 0 Å². The van der Waals surface area contributed by atoms with E-state index in [2.05, 4.69) is 44.8 Å². The van der Waals surface area contributed by atoms with Gasteiger partial charge in [-0.2, -0.15) is 0 Å². The Labute approximate surface area is 171 Å². The summed E-state index contributed by atoms with van der Waals surface area (Å²) >= 11 is 0. The molecule has 0 atom stereocenters. The van der Waals surface area contributed by atoms with E-state index in [9.17, 15) is 4.79 Å². The molecular weight excluding hydrogens is 427 g/mol. The van der Waals surface area contributed by atoms with Gasteiger partial charge in [-0.1, -0.05) is 26.7 Å². The fourth-order valence-electron chi connectivity index (χ4n) is 3.99. The van der Waals surface area contributed by atoms with E-state index in [4.69, 9.17) is 4.99 Å². The van der Waals surface area contributed by atoms with Crippen molar-refractivity contribution in [3.8, 4) is 0 Å². The number of aliphatic imine (C=N–C) groups is 1. The number of hydrogen-bond donors (Lipinski definition) is 1. The minimum Gasteiger partial charge on any atom is -0.356 e. The standard InChI is InChI=1S/C19H36N4O.HI/c1-8-20-16(23-14-17(2,3)18(23,4)5)21-13-19(11-9-10-12-19)15(24)22(6)7;/h8-14H2,1-7H3,(H,20,21);1H. The quantitative estimate of drug-likeness (QED) is 0.395. The molecule has 0 aromatic heterocycles. The van der Waals surface area contributed by atoms with Crippen molar-refractivity contribution in [3.05, 3.63) is 0 Å². The first-order valence-electron chi connectivity index (χ1n) is 9.35. The Morgan fingerprint density at radius 3 is 2.12 bits per heavy atom. The smallest absolute Gasteiger partial charge is 0.230 e. The molecule has 0 bridgehead atoms. The molecule has 146 valence electrons. The molecule has 1 saturated carbocycles. The van der Waals surface area contributed by atoms with Gasteiger partial charge in [0.2, 0.25) is 5.91 Å². The first-order chi connectivity index (χ1) is 11.1. The Hall–Kier alpha value is -0.530. The van der Waals surface area contributed by atoms with Crippen molar-refractivity contribution in [2.75, 3.05) is 33.7 Å². The monoisotopic (exact) mass is 464 g/mol. The zero-order chi connectivity index (χ0) is 18.2. The van der Waals surface area contributed by atoms with Gasteiger partial charge in [0, 0.05) is 38.1 Å². The van der Waals surface area contributed by atoms with Gasteiger partial charge in [0.1, 0.15) is 0 Å². The number of rotatable bonds is 4. The number of nitrogens with zero attached hydrogens (tertiary/aromatic N) is 3. The normalized spacial score (nSPS) is 23.5. The third-order valence-corrected chi connectivity index (χ3v) is 6.43. The summed E-state index contributed by atoms with van der Waals surface area (Å²) < 4.78 is 0. The molecule has 6 heteroatoms. The average Bonchev–Trinajstić information content (AvgIpc) is 2.98. The lowest BCUT2D eigenvalue weighted by Gasteiger charge is -2.62. The van der Waals surface area contributed by atoms with Crippen LogP contribution in [0, 0.1) is 10.8 Å². The molecule has 2 fully saturated rings. The van der Waals surface area contributed by atoms with Gasteiger partial charge in [-0.25, -0.2) is 0 Å². The van der Waals surface area contributed by atoms with E-state index in [1.165, 1.54) is 0 Å². The van der Waals surface area contributed by atoms with Crippen LogP contribution in [0.1, 0.15) is 60.3 Å². The van der Waals surface area contributed by atoms with Crippen molar-refractivity contribution >= 4 is 35.8 Å². The predicted molar refractivity (Wildman–Crippen MR) is 116 cm³/mol. The first kappa shape index (κ1) is 22.5. The van der Waals surface area contributed by atoms with Crippen LogP contribution in [0.4, 0.5) is 0 Å². The van der Waals surface area contributed by atoms with Crippen molar-refractivity contribution in [1.82, 2.24) is 15.1 Å². The average molecular weight is 464 g/mol. The van der Waals surface area contributed by atoms with E-state index in [0.717, 1.165) is 44.7 Å². The van der Waals surface area contributed by atoms with Crippen LogP contribution in [0.5, 0.6) is 0 Å². The predicted octanol–water partition coefficient (Wildman–Crippen LogP) is 3.34. The number of guanidine groups is 1. The summed E-state index contributed by atoms with van der Waals surface area (Å²) in [7, 11) is 3.72. The molecule has 1 heterocycles. The largest absolute Gasteiger partial charge is 0.356 e. The van der Waals surface area contributed by atoms with E-state index in [0.29, 0.717) is 6.54 Å². The number of amides is 1. The second-order valence-electron chi connectivity index (χ2n) is 8.89. The van der Waals surface area contributed by atoms with Crippen molar-refractivity contribution in [2.24, 2.45) is 15.8 Å². The molecule has 2 rings (SSSR count). The van der Waals surface area contributed by atoms with Crippen molar-refractivity contribution in [2.45, 2.75) is 65.8 Å². The van der Waals surface area contributed by atoms with Crippen LogP contribution in [0.15, 0.2) is 4.99 Å². The maximum atomic E-state index is 12.7. The van der Waals surface area contributed by atoms with E-state index in [1.54, 1.807) is 4.90 Å². The fourth-order valence-corrected chi connectivity index (χ4v) is 3.99. The van der Waals surface area contributed by atoms with E-state index < -0.39 is 0 Å². The molecule has 0 aromatic carbocycles. The Balaban J connectivity index is 0.00000312. The number of carbonyl (C=O) groups excluding carboxylic acids is 1. The van der Waals surface area contributed by atoms with Gasteiger partial charge in [-0.15, -0.1) is 24.0 Å². The second-order valence-corrected chi connectivity index (χ2v) is 8.89. The Morgan fingerprint density at radius 1 is 1.16 bits per heavy atom. The second kappa shape index (κ2) is 8.01.